The quantitative estimate of drug-likeness (QED) is 0.879. The van der Waals surface area contributed by atoms with Gasteiger partial charge in [0.05, 0.1) is 10.6 Å². The highest BCUT2D eigenvalue weighted by Gasteiger charge is 2.19. The van der Waals surface area contributed by atoms with Crippen molar-refractivity contribution in [2.24, 2.45) is 0 Å². The molecule has 0 aromatic heterocycles. The maximum atomic E-state index is 13.4. The Hall–Kier alpha value is -1.73. The minimum absolute atomic E-state index is 0.189. The number of halogens is 4. The fourth-order valence-electron chi connectivity index (χ4n) is 1.42. The highest BCUT2D eigenvalue weighted by molar-refractivity contribution is 7.92. The Morgan fingerprint density at radius 1 is 0.900 bits per heavy atom. The van der Waals surface area contributed by atoms with Gasteiger partial charge in [0.1, 0.15) is 0 Å². The first-order valence-corrected chi connectivity index (χ1v) is 7.09. The molecule has 0 radical (unpaired) electrons. The third kappa shape index (κ3) is 2.88. The van der Waals surface area contributed by atoms with Crippen LogP contribution in [-0.4, -0.2) is 8.42 Å². The van der Waals surface area contributed by atoms with Gasteiger partial charge in [0.2, 0.25) is 0 Å². The van der Waals surface area contributed by atoms with Gasteiger partial charge >= 0.3 is 0 Å². The van der Waals surface area contributed by atoms with Crippen molar-refractivity contribution in [1.29, 1.82) is 0 Å². The Morgan fingerprint density at radius 2 is 1.50 bits per heavy atom. The van der Waals surface area contributed by atoms with Crippen LogP contribution >= 0.6 is 11.6 Å². The lowest BCUT2D eigenvalue weighted by Gasteiger charge is -2.09. The highest BCUT2D eigenvalue weighted by atomic mass is 35.5. The molecule has 0 bridgehead atoms. The van der Waals surface area contributed by atoms with E-state index >= 15 is 0 Å². The third-order valence-corrected chi connectivity index (χ3v) is 4.04. The Labute approximate surface area is 118 Å². The van der Waals surface area contributed by atoms with Gasteiger partial charge in [0.15, 0.2) is 17.5 Å². The molecule has 0 fully saturated rings. The van der Waals surface area contributed by atoms with E-state index in [2.05, 4.69) is 0 Å². The molecule has 0 saturated carbocycles. The van der Waals surface area contributed by atoms with Crippen molar-refractivity contribution in [2.45, 2.75) is 4.90 Å². The molecule has 0 amide bonds. The zero-order valence-corrected chi connectivity index (χ0v) is 11.3. The van der Waals surface area contributed by atoms with Gasteiger partial charge in [0, 0.05) is 5.02 Å². The van der Waals surface area contributed by atoms with Crippen LogP contribution in [0, 0.1) is 17.5 Å². The zero-order chi connectivity index (χ0) is 14.9. The van der Waals surface area contributed by atoms with Crippen LogP contribution in [0.25, 0.3) is 0 Å². The van der Waals surface area contributed by atoms with Crippen molar-refractivity contribution < 1.29 is 21.6 Å². The van der Waals surface area contributed by atoms with Crippen LogP contribution in [0.15, 0.2) is 41.3 Å². The topological polar surface area (TPSA) is 46.2 Å². The molecule has 20 heavy (non-hydrogen) atoms. The molecule has 0 aliphatic rings. The van der Waals surface area contributed by atoms with Crippen molar-refractivity contribution in [3.63, 3.8) is 0 Å². The Morgan fingerprint density at radius 3 is 2.10 bits per heavy atom. The van der Waals surface area contributed by atoms with Gasteiger partial charge in [-0.15, -0.1) is 0 Å². The van der Waals surface area contributed by atoms with Crippen LogP contribution in [0.4, 0.5) is 18.9 Å². The van der Waals surface area contributed by atoms with E-state index in [1.54, 1.807) is 0 Å². The molecular weight excluding hydrogens is 315 g/mol. The normalized spacial score (nSPS) is 11.4. The number of anilines is 1. The number of nitrogens with one attached hydrogen (secondary N) is 1. The lowest BCUT2D eigenvalue weighted by Crippen LogP contribution is -2.14. The molecule has 0 spiro atoms. The standard InChI is InChI=1S/C12H7ClF3NO2S/c13-7-1-3-8(4-2-7)20(18,19)17-10-6-5-9(14)11(15)12(10)16/h1-6,17H. The maximum absolute atomic E-state index is 13.4. The Balaban J connectivity index is 2.38. The molecule has 0 saturated heterocycles. The van der Waals surface area contributed by atoms with Crippen LogP contribution < -0.4 is 4.72 Å². The van der Waals surface area contributed by atoms with Crippen LogP contribution in [0.1, 0.15) is 0 Å². The van der Waals surface area contributed by atoms with Gasteiger partial charge in [-0.25, -0.2) is 21.6 Å². The van der Waals surface area contributed by atoms with Crippen molar-refractivity contribution in [3.8, 4) is 0 Å². The summed E-state index contributed by atoms with van der Waals surface area (Å²) in [6.07, 6.45) is 0. The van der Waals surface area contributed by atoms with E-state index in [9.17, 15) is 21.6 Å². The van der Waals surface area contributed by atoms with Crippen molar-refractivity contribution in [3.05, 3.63) is 58.9 Å². The van der Waals surface area contributed by atoms with Gasteiger partial charge in [-0.05, 0) is 36.4 Å². The van der Waals surface area contributed by atoms with Gasteiger partial charge in [-0.3, -0.25) is 4.72 Å². The van der Waals surface area contributed by atoms with Gasteiger partial charge in [-0.1, -0.05) is 11.6 Å². The van der Waals surface area contributed by atoms with E-state index in [0.29, 0.717) is 11.1 Å². The SMILES string of the molecule is O=S(=O)(Nc1ccc(F)c(F)c1F)c1ccc(Cl)cc1. The fraction of sp³-hybridized carbons (Fsp3) is 0. The van der Waals surface area contributed by atoms with Crippen LogP contribution in [0.3, 0.4) is 0 Å². The van der Waals surface area contributed by atoms with Gasteiger partial charge < -0.3 is 0 Å². The molecule has 0 unspecified atom stereocenters. The van der Waals surface area contributed by atoms with Crippen LogP contribution in [-0.2, 0) is 10.0 Å². The Bertz CT molecular complexity index is 748. The molecule has 8 heteroatoms. The average Bonchev–Trinajstić information content (AvgIpc) is 2.40. The zero-order valence-electron chi connectivity index (χ0n) is 9.70. The first-order valence-electron chi connectivity index (χ1n) is 5.23. The number of benzene rings is 2. The summed E-state index contributed by atoms with van der Waals surface area (Å²) in [5.41, 5.74) is -0.682. The summed E-state index contributed by atoms with van der Waals surface area (Å²) < 4.78 is 64.9. The predicted octanol–water partition coefficient (Wildman–Crippen LogP) is 3.56. The summed E-state index contributed by atoms with van der Waals surface area (Å²) in [5.74, 6) is -4.76. The van der Waals surface area contributed by atoms with E-state index in [0.717, 1.165) is 6.07 Å². The second kappa shape index (κ2) is 5.34. The van der Waals surface area contributed by atoms with Crippen LogP contribution in [0.5, 0.6) is 0 Å². The lowest BCUT2D eigenvalue weighted by atomic mass is 10.3. The number of hydrogen-bond donors (Lipinski definition) is 1. The molecule has 0 atom stereocenters. The second-order valence-corrected chi connectivity index (χ2v) is 5.90. The molecule has 2 rings (SSSR count). The van der Waals surface area contributed by atoms with Gasteiger partial charge in [0.25, 0.3) is 10.0 Å². The van der Waals surface area contributed by atoms with E-state index in [1.807, 2.05) is 4.72 Å². The van der Waals surface area contributed by atoms with Crippen molar-refractivity contribution in [2.75, 3.05) is 4.72 Å². The molecule has 0 aliphatic carbocycles. The minimum Gasteiger partial charge on any atom is -0.277 e. The number of hydrogen-bond acceptors (Lipinski definition) is 2. The smallest absolute Gasteiger partial charge is 0.261 e. The first-order chi connectivity index (χ1) is 9.31. The lowest BCUT2D eigenvalue weighted by molar-refractivity contribution is 0.449. The van der Waals surface area contributed by atoms with E-state index < -0.39 is 33.2 Å². The summed E-state index contributed by atoms with van der Waals surface area (Å²) in [6, 6.07) is 6.47. The number of sulfonamides is 1. The summed E-state index contributed by atoms with van der Waals surface area (Å²) in [7, 11) is -4.12. The molecule has 0 aliphatic heterocycles. The largest absolute Gasteiger partial charge is 0.277 e. The van der Waals surface area contributed by atoms with Crippen LogP contribution in [0.2, 0.25) is 5.02 Å². The molecular formula is C12H7ClF3NO2S. The molecule has 2 aromatic carbocycles. The minimum atomic E-state index is -4.12. The average molecular weight is 322 g/mol. The van der Waals surface area contributed by atoms with Crippen molar-refractivity contribution >= 4 is 27.3 Å². The van der Waals surface area contributed by atoms with Crippen molar-refractivity contribution in [1.82, 2.24) is 0 Å². The summed E-state index contributed by atoms with van der Waals surface area (Å²) in [6.45, 7) is 0. The summed E-state index contributed by atoms with van der Waals surface area (Å²) >= 11 is 5.62. The second-order valence-electron chi connectivity index (χ2n) is 3.78. The summed E-state index contributed by atoms with van der Waals surface area (Å²) in [4.78, 5) is -0.189. The summed E-state index contributed by atoms with van der Waals surface area (Å²) in [5, 5.41) is 0.322. The highest BCUT2D eigenvalue weighted by Crippen LogP contribution is 2.23. The predicted molar refractivity (Wildman–Crippen MR) is 68.6 cm³/mol. The maximum Gasteiger partial charge on any atom is 0.261 e. The third-order valence-electron chi connectivity index (χ3n) is 2.40. The van der Waals surface area contributed by atoms with E-state index in [1.165, 1.54) is 24.3 Å². The molecule has 3 nitrogen and oxygen atoms in total. The van der Waals surface area contributed by atoms with Gasteiger partial charge in [-0.2, -0.15) is 0 Å². The first kappa shape index (κ1) is 14.7. The molecule has 1 N–H and O–H groups in total. The van der Waals surface area contributed by atoms with E-state index in [4.69, 9.17) is 11.6 Å². The number of rotatable bonds is 3. The van der Waals surface area contributed by atoms with E-state index in [-0.39, 0.29) is 4.90 Å². The fourth-order valence-corrected chi connectivity index (χ4v) is 2.61. The molecule has 0 heterocycles. The Kier molecular flexibility index (Phi) is 3.92. The molecule has 2 aromatic rings. The molecule has 106 valence electrons. The monoisotopic (exact) mass is 321 g/mol.